The summed E-state index contributed by atoms with van der Waals surface area (Å²) in [4.78, 5) is 23.9. The molecular weight excluding hydrogens is 384 g/mol. The number of ether oxygens (including phenoxy) is 3. The van der Waals surface area contributed by atoms with Gasteiger partial charge in [-0.1, -0.05) is 23.3 Å². The van der Waals surface area contributed by atoms with Gasteiger partial charge in [0.15, 0.2) is 5.75 Å². The van der Waals surface area contributed by atoms with Crippen LogP contribution in [0.1, 0.15) is 54.4 Å². The van der Waals surface area contributed by atoms with Crippen molar-refractivity contribution in [3.05, 3.63) is 51.9 Å². The summed E-state index contributed by atoms with van der Waals surface area (Å²) in [5.74, 6) is -0.281. The first-order valence-electron chi connectivity index (χ1n) is 10.1. The average Bonchev–Trinajstić information content (AvgIpc) is 2.63. The van der Waals surface area contributed by atoms with Crippen LogP contribution in [0.3, 0.4) is 0 Å². The van der Waals surface area contributed by atoms with E-state index >= 15 is 0 Å². The van der Waals surface area contributed by atoms with Crippen molar-refractivity contribution in [1.82, 2.24) is 0 Å². The van der Waals surface area contributed by atoms with Gasteiger partial charge in [-0.15, -0.1) is 0 Å². The van der Waals surface area contributed by atoms with E-state index in [9.17, 15) is 9.59 Å². The van der Waals surface area contributed by atoms with Gasteiger partial charge >= 0.3 is 11.6 Å². The normalized spacial score (nSPS) is 11.5. The standard InChI is InChI=1S/C24H30O6/c1-15(2)9-7-10-17(5)13-14-27-19-11-8-12-20-21(19)22(28-16(3)4)23(24(26)30-20)29-18(6)25/h8-9,11-13,16H,7,10,14H2,1-6H3. The quantitative estimate of drug-likeness (QED) is 0.303. The molecule has 1 aromatic heterocycles. The summed E-state index contributed by atoms with van der Waals surface area (Å²) >= 11 is 0. The van der Waals surface area contributed by atoms with Crippen molar-refractivity contribution in [3.8, 4) is 17.2 Å². The molecule has 0 N–H and O–H groups in total. The molecule has 0 amide bonds. The first-order valence-corrected chi connectivity index (χ1v) is 10.1. The maximum absolute atomic E-state index is 12.4. The predicted molar refractivity (Wildman–Crippen MR) is 117 cm³/mol. The molecule has 1 heterocycles. The summed E-state index contributed by atoms with van der Waals surface area (Å²) in [6.07, 6.45) is 5.91. The van der Waals surface area contributed by atoms with Gasteiger partial charge in [-0.2, -0.15) is 0 Å². The highest BCUT2D eigenvalue weighted by Crippen LogP contribution is 2.39. The number of hydrogen-bond donors (Lipinski definition) is 0. The van der Waals surface area contributed by atoms with Crippen LogP contribution in [0.5, 0.6) is 17.2 Å². The fourth-order valence-electron chi connectivity index (χ4n) is 2.84. The van der Waals surface area contributed by atoms with Crippen molar-refractivity contribution in [2.24, 2.45) is 0 Å². The summed E-state index contributed by atoms with van der Waals surface area (Å²) in [5.41, 5.74) is 2.05. The maximum Gasteiger partial charge on any atom is 0.383 e. The third-order valence-electron chi connectivity index (χ3n) is 4.17. The summed E-state index contributed by atoms with van der Waals surface area (Å²) in [6, 6.07) is 5.14. The Kier molecular flexibility index (Phi) is 8.27. The average molecular weight is 414 g/mol. The second-order valence-corrected chi connectivity index (χ2v) is 7.62. The van der Waals surface area contributed by atoms with Crippen molar-refractivity contribution in [1.29, 1.82) is 0 Å². The van der Waals surface area contributed by atoms with E-state index in [4.69, 9.17) is 18.6 Å². The van der Waals surface area contributed by atoms with E-state index in [0.29, 0.717) is 23.3 Å². The highest BCUT2D eigenvalue weighted by molar-refractivity contribution is 5.92. The Labute approximate surface area is 177 Å². The molecule has 0 saturated carbocycles. The van der Waals surface area contributed by atoms with E-state index < -0.39 is 11.6 Å². The van der Waals surface area contributed by atoms with Gasteiger partial charge in [0.1, 0.15) is 23.3 Å². The molecule has 0 fully saturated rings. The molecule has 0 bridgehead atoms. The summed E-state index contributed by atoms with van der Waals surface area (Å²) < 4.78 is 22.3. The van der Waals surface area contributed by atoms with Gasteiger partial charge in [0.2, 0.25) is 0 Å². The number of allylic oxidation sites excluding steroid dienone is 3. The van der Waals surface area contributed by atoms with Crippen LogP contribution in [0.2, 0.25) is 0 Å². The number of rotatable bonds is 9. The maximum atomic E-state index is 12.4. The van der Waals surface area contributed by atoms with Crippen LogP contribution in [0, 0.1) is 0 Å². The minimum absolute atomic E-state index is 0.145. The highest BCUT2D eigenvalue weighted by atomic mass is 16.6. The van der Waals surface area contributed by atoms with Crippen LogP contribution >= 0.6 is 0 Å². The molecule has 2 rings (SSSR count). The molecular formula is C24H30O6. The Morgan fingerprint density at radius 1 is 1.10 bits per heavy atom. The Morgan fingerprint density at radius 3 is 2.47 bits per heavy atom. The fourth-order valence-corrected chi connectivity index (χ4v) is 2.84. The van der Waals surface area contributed by atoms with E-state index in [0.717, 1.165) is 12.8 Å². The third kappa shape index (κ3) is 6.51. The zero-order chi connectivity index (χ0) is 22.3. The lowest BCUT2D eigenvalue weighted by Gasteiger charge is -2.17. The van der Waals surface area contributed by atoms with E-state index in [2.05, 4.69) is 26.8 Å². The van der Waals surface area contributed by atoms with Gasteiger partial charge in [0.25, 0.3) is 5.75 Å². The van der Waals surface area contributed by atoms with Gasteiger partial charge in [-0.25, -0.2) is 4.79 Å². The van der Waals surface area contributed by atoms with Gasteiger partial charge in [0.05, 0.1) is 6.10 Å². The Balaban J connectivity index is 2.39. The van der Waals surface area contributed by atoms with Crippen LogP contribution in [-0.2, 0) is 4.79 Å². The molecule has 0 saturated heterocycles. The molecule has 30 heavy (non-hydrogen) atoms. The Hall–Kier alpha value is -3.02. The van der Waals surface area contributed by atoms with Gasteiger partial charge < -0.3 is 18.6 Å². The highest BCUT2D eigenvalue weighted by Gasteiger charge is 2.23. The molecule has 0 aliphatic heterocycles. The molecule has 0 unspecified atom stereocenters. The van der Waals surface area contributed by atoms with Crippen molar-refractivity contribution in [3.63, 3.8) is 0 Å². The van der Waals surface area contributed by atoms with Crippen molar-refractivity contribution in [2.45, 2.75) is 60.5 Å². The minimum Gasteiger partial charge on any atom is -0.489 e. The molecule has 0 aliphatic rings. The van der Waals surface area contributed by atoms with Crippen LogP contribution in [0.15, 0.2) is 50.7 Å². The molecule has 0 atom stereocenters. The molecule has 0 spiro atoms. The van der Waals surface area contributed by atoms with Crippen molar-refractivity contribution < 1.29 is 23.4 Å². The van der Waals surface area contributed by atoms with Gasteiger partial charge in [-0.05, 0) is 65.7 Å². The number of esters is 1. The third-order valence-corrected chi connectivity index (χ3v) is 4.17. The first-order chi connectivity index (χ1) is 14.2. The molecule has 0 aliphatic carbocycles. The molecule has 162 valence electrons. The van der Waals surface area contributed by atoms with E-state index in [-0.39, 0.29) is 17.6 Å². The summed E-state index contributed by atoms with van der Waals surface area (Å²) in [5, 5.41) is 0.456. The van der Waals surface area contributed by atoms with Crippen LogP contribution in [-0.4, -0.2) is 18.7 Å². The van der Waals surface area contributed by atoms with Crippen LogP contribution in [0.25, 0.3) is 11.0 Å². The Bertz CT molecular complexity index is 1010. The number of hydrogen-bond acceptors (Lipinski definition) is 6. The number of carbonyl (C=O) groups excluding carboxylic acids is 1. The van der Waals surface area contributed by atoms with E-state index in [1.54, 1.807) is 18.2 Å². The van der Waals surface area contributed by atoms with Crippen LogP contribution < -0.4 is 19.8 Å². The summed E-state index contributed by atoms with van der Waals surface area (Å²) in [6.45, 7) is 11.4. The molecule has 6 nitrogen and oxygen atoms in total. The van der Waals surface area contributed by atoms with Gasteiger partial charge in [0, 0.05) is 6.92 Å². The minimum atomic E-state index is -0.777. The second kappa shape index (κ2) is 10.7. The fraction of sp³-hybridized carbons (Fsp3) is 0.417. The number of carbonyl (C=O) groups is 1. The van der Waals surface area contributed by atoms with Gasteiger partial charge in [-0.3, -0.25) is 4.79 Å². The number of benzene rings is 1. The molecule has 0 radical (unpaired) electrons. The molecule has 2 aromatic rings. The lowest BCUT2D eigenvalue weighted by Crippen LogP contribution is -2.16. The largest absolute Gasteiger partial charge is 0.489 e. The zero-order valence-corrected chi connectivity index (χ0v) is 18.5. The summed E-state index contributed by atoms with van der Waals surface area (Å²) in [7, 11) is 0. The number of fused-ring (bicyclic) bond motifs is 1. The van der Waals surface area contributed by atoms with Crippen molar-refractivity contribution >= 4 is 16.9 Å². The lowest BCUT2D eigenvalue weighted by molar-refractivity contribution is -0.132. The van der Waals surface area contributed by atoms with Crippen molar-refractivity contribution in [2.75, 3.05) is 6.61 Å². The zero-order valence-electron chi connectivity index (χ0n) is 18.5. The monoisotopic (exact) mass is 414 g/mol. The smallest absolute Gasteiger partial charge is 0.383 e. The van der Waals surface area contributed by atoms with E-state index in [1.165, 1.54) is 18.1 Å². The topological polar surface area (TPSA) is 75.0 Å². The van der Waals surface area contributed by atoms with Crippen LogP contribution in [0.4, 0.5) is 0 Å². The Morgan fingerprint density at radius 2 is 1.83 bits per heavy atom. The predicted octanol–water partition coefficient (Wildman–Crippen LogP) is 5.58. The second-order valence-electron chi connectivity index (χ2n) is 7.62. The van der Waals surface area contributed by atoms with E-state index in [1.807, 2.05) is 19.9 Å². The molecule has 6 heteroatoms. The molecule has 1 aromatic carbocycles. The lowest BCUT2D eigenvalue weighted by atomic mass is 10.1. The first kappa shape index (κ1) is 23.3. The SMILES string of the molecule is CC(=O)Oc1c(OC(C)C)c2c(OCC=C(C)CCC=C(C)C)cccc2oc1=O.